The zero-order valence-corrected chi connectivity index (χ0v) is 10.7. The maximum Gasteiger partial charge on any atom is 0.262 e. The van der Waals surface area contributed by atoms with Crippen LogP contribution >= 0.6 is 11.6 Å². The maximum atomic E-state index is 13.5. The van der Waals surface area contributed by atoms with Gasteiger partial charge >= 0.3 is 0 Å². The number of para-hydroxylation sites is 1. The van der Waals surface area contributed by atoms with Crippen LogP contribution in [0.15, 0.2) is 53.4 Å². The SMILES string of the molecule is O=S(=O)(Nc1c(F)cccc1Cl)c1ccccc1. The lowest BCUT2D eigenvalue weighted by molar-refractivity contribution is 0.598. The van der Waals surface area contributed by atoms with Crippen molar-refractivity contribution in [2.24, 2.45) is 0 Å². The van der Waals surface area contributed by atoms with Crippen molar-refractivity contribution < 1.29 is 12.8 Å². The lowest BCUT2D eigenvalue weighted by atomic mass is 10.3. The molecule has 2 aromatic carbocycles. The van der Waals surface area contributed by atoms with E-state index in [0.29, 0.717) is 0 Å². The number of hydrogen-bond acceptors (Lipinski definition) is 2. The minimum Gasteiger partial charge on any atom is -0.275 e. The van der Waals surface area contributed by atoms with E-state index >= 15 is 0 Å². The van der Waals surface area contributed by atoms with Gasteiger partial charge in [0, 0.05) is 0 Å². The molecule has 0 fully saturated rings. The Morgan fingerprint density at radius 3 is 2.28 bits per heavy atom. The van der Waals surface area contributed by atoms with E-state index in [0.717, 1.165) is 6.07 Å². The average Bonchev–Trinajstić information content (AvgIpc) is 2.35. The molecule has 0 radical (unpaired) electrons. The quantitative estimate of drug-likeness (QED) is 0.941. The summed E-state index contributed by atoms with van der Waals surface area (Å²) in [6.45, 7) is 0. The number of anilines is 1. The molecule has 0 heterocycles. The largest absolute Gasteiger partial charge is 0.275 e. The van der Waals surface area contributed by atoms with Crippen LogP contribution in [0.25, 0.3) is 0 Å². The van der Waals surface area contributed by atoms with Gasteiger partial charge in [-0.05, 0) is 24.3 Å². The van der Waals surface area contributed by atoms with Crippen molar-refractivity contribution in [2.75, 3.05) is 4.72 Å². The zero-order chi connectivity index (χ0) is 13.2. The lowest BCUT2D eigenvalue weighted by Gasteiger charge is -2.10. The first-order valence-corrected chi connectivity index (χ1v) is 6.89. The Balaban J connectivity index is 2.41. The Hall–Kier alpha value is -1.59. The summed E-state index contributed by atoms with van der Waals surface area (Å²) in [4.78, 5) is 0.0457. The van der Waals surface area contributed by atoms with Gasteiger partial charge in [0.1, 0.15) is 11.5 Å². The van der Waals surface area contributed by atoms with Gasteiger partial charge in [0.15, 0.2) is 0 Å². The molecule has 0 saturated heterocycles. The van der Waals surface area contributed by atoms with Crippen molar-refractivity contribution in [3.63, 3.8) is 0 Å². The summed E-state index contributed by atoms with van der Waals surface area (Å²) in [7, 11) is -3.83. The summed E-state index contributed by atoms with van der Waals surface area (Å²) in [5.41, 5.74) is -0.247. The molecule has 3 nitrogen and oxygen atoms in total. The second kappa shape index (κ2) is 4.96. The summed E-state index contributed by atoms with van der Waals surface area (Å²) >= 11 is 5.76. The number of halogens is 2. The Morgan fingerprint density at radius 2 is 1.67 bits per heavy atom. The molecule has 2 rings (SSSR count). The van der Waals surface area contributed by atoms with Crippen LogP contribution in [0.4, 0.5) is 10.1 Å². The molecule has 0 aromatic heterocycles. The summed E-state index contributed by atoms with van der Waals surface area (Å²) in [5, 5.41) is 0.00880. The smallest absolute Gasteiger partial charge is 0.262 e. The first-order valence-electron chi connectivity index (χ1n) is 5.02. The van der Waals surface area contributed by atoms with Crippen molar-refractivity contribution in [3.05, 3.63) is 59.4 Å². The monoisotopic (exact) mass is 285 g/mol. The molecule has 0 bridgehead atoms. The van der Waals surface area contributed by atoms with Crippen LogP contribution in [0.3, 0.4) is 0 Å². The van der Waals surface area contributed by atoms with Gasteiger partial charge in [-0.1, -0.05) is 35.9 Å². The summed E-state index contributed by atoms with van der Waals surface area (Å²) < 4.78 is 39.6. The fourth-order valence-corrected chi connectivity index (χ4v) is 2.76. The fraction of sp³-hybridized carbons (Fsp3) is 0. The molecular weight excluding hydrogens is 277 g/mol. The van der Waals surface area contributed by atoms with E-state index in [1.807, 2.05) is 0 Å². The van der Waals surface area contributed by atoms with Crippen molar-refractivity contribution in [1.82, 2.24) is 0 Å². The number of benzene rings is 2. The normalized spacial score (nSPS) is 11.2. The number of nitrogens with one attached hydrogen (secondary N) is 1. The van der Waals surface area contributed by atoms with Crippen LogP contribution in [-0.4, -0.2) is 8.42 Å². The summed E-state index contributed by atoms with van der Waals surface area (Å²) in [6, 6.07) is 11.6. The predicted octanol–water partition coefficient (Wildman–Crippen LogP) is 3.28. The molecule has 18 heavy (non-hydrogen) atoms. The minimum atomic E-state index is -3.83. The van der Waals surface area contributed by atoms with Gasteiger partial charge in [0.2, 0.25) is 0 Å². The predicted molar refractivity (Wildman–Crippen MR) is 68.7 cm³/mol. The van der Waals surface area contributed by atoms with Crippen molar-refractivity contribution in [2.45, 2.75) is 4.90 Å². The summed E-state index contributed by atoms with van der Waals surface area (Å²) in [5.74, 6) is -0.720. The van der Waals surface area contributed by atoms with E-state index in [1.54, 1.807) is 18.2 Å². The number of hydrogen-bond donors (Lipinski definition) is 1. The first kappa shape index (κ1) is 12.9. The van der Waals surface area contributed by atoms with Crippen molar-refractivity contribution >= 4 is 27.3 Å². The zero-order valence-electron chi connectivity index (χ0n) is 9.10. The Bertz CT molecular complexity index is 639. The van der Waals surface area contributed by atoms with E-state index in [9.17, 15) is 12.8 Å². The van der Waals surface area contributed by atoms with E-state index in [2.05, 4.69) is 4.72 Å². The second-order valence-electron chi connectivity index (χ2n) is 3.52. The fourth-order valence-electron chi connectivity index (χ4n) is 1.39. The maximum absolute atomic E-state index is 13.5. The molecular formula is C12H9ClFNO2S. The molecule has 0 aliphatic heterocycles. The van der Waals surface area contributed by atoms with Gasteiger partial charge in [0.25, 0.3) is 10.0 Å². The molecule has 0 spiro atoms. The first-order chi connectivity index (χ1) is 8.50. The van der Waals surface area contributed by atoms with Crippen LogP contribution in [0.5, 0.6) is 0 Å². The third kappa shape index (κ3) is 2.63. The van der Waals surface area contributed by atoms with Gasteiger partial charge < -0.3 is 0 Å². The third-order valence-corrected chi connectivity index (χ3v) is 3.93. The van der Waals surface area contributed by atoms with Crippen LogP contribution in [0.2, 0.25) is 5.02 Å². The summed E-state index contributed by atoms with van der Waals surface area (Å²) in [6.07, 6.45) is 0. The van der Waals surface area contributed by atoms with Crippen LogP contribution in [0.1, 0.15) is 0 Å². The molecule has 0 aliphatic carbocycles. The van der Waals surface area contributed by atoms with Crippen molar-refractivity contribution in [3.8, 4) is 0 Å². The van der Waals surface area contributed by atoms with Gasteiger partial charge in [0.05, 0.1) is 9.92 Å². The molecule has 0 saturated carbocycles. The van der Waals surface area contributed by atoms with Crippen LogP contribution in [-0.2, 0) is 10.0 Å². The van der Waals surface area contributed by atoms with Gasteiger partial charge in [-0.3, -0.25) is 4.72 Å². The molecule has 0 amide bonds. The minimum absolute atomic E-state index is 0.00880. The highest BCUT2D eigenvalue weighted by atomic mass is 35.5. The lowest BCUT2D eigenvalue weighted by Crippen LogP contribution is -2.14. The van der Waals surface area contributed by atoms with Crippen molar-refractivity contribution in [1.29, 1.82) is 0 Å². The number of rotatable bonds is 3. The van der Waals surface area contributed by atoms with E-state index in [1.165, 1.54) is 24.3 Å². The Kier molecular flexibility index (Phi) is 3.54. The van der Waals surface area contributed by atoms with Gasteiger partial charge in [-0.25, -0.2) is 12.8 Å². The standard InChI is InChI=1S/C12H9ClFNO2S/c13-10-7-4-8-11(14)12(10)15-18(16,17)9-5-2-1-3-6-9/h1-8,15H. The van der Waals surface area contributed by atoms with E-state index in [4.69, 9.17) is 11.6 Å². The Labute approximate surface area is 109 Å². The van der Waals surface area contributed by atoms with Crippen LogP contribution < -0.4 is 4.72 Å². The molecule has 2 aromatic rings. The molecule has 94 valence electrons. The molecule has 6 heteroatoms. The van der Waals surface area contributed by atoms with E-state index in [-0.39, 0.29) is 15.6 Å². The molecule has 0 aliphatic rings. The Morgan fingerprint density at radius 1 is 1.00 bits per heavy atom. The number of sulfonamides is 1. The molecule has 1 N–H and O–H groups in total. The highest BCUT2D eigenvalue weighted by molar-refractivity contribution is 7.92. The average molecular weight is 286 g/mol. The van der Waals surface area contributed by atoms with Gasteiger partial charge in [-0.2, -0.15) is 0 Å². The van der Waals surface area contributed by atoms with E-state index < -0.39 is 15.8 Å². The second-order valence-corrected chi connectivity index (χ2v) is 5.60. The van der Waals surface area contributed by atoms with Crippen LogP contribution in [0, 0.1) is 5.82 Å². The third-order valence-electron chi connectivity index (χ3n) is 2.25. The highest BCUT2D eigenvalue weighted by Gasteiger charge is 2.17. The topological polar surface area (TPSA) is 46.2 Å². The highest BCUT2D eigenvalue weighted by Crippen LogP contribution is 2.27. The van der Waals surface area contributed by atoms with Gasteiger partial charge in [-0.15, -0.1) is 0 Å². The molecule has 0 unspecified atom stereocenters. The molecule has 0 atom stereocenters.